The van der Waals surface area contributed by atoms with Crippen molar-refractivity contribution in [3.63, 3.8) is 0 Å². The molecule has 0 saturated carbocycles. The SMILES string of the molecule is C#CCN1C(=O)S/C(=C\c2ccc(Sc3ccc(Cl)cc3)s2)C1=O. The quantitative estimate of drug-likeness (QED) is 0.528. The van der Waals surface area contributed by atoms with E-state index in [-0.39, 0.29) is 17.7 Å². The summed E-state index contributed by atoms with van der Waals surface area (Å²) in [4.78, 5) is 27.4. The maximum absolute atomic E-state index is 12.1. The second-order valence-corrected chi connectivity index (χ2v) is 8.60. The van der Waals surface area contributed by atoms with Gasteiger partial charge in [-0.25, -0.2) is 0 Å². The first-order chi connectivity index (χ1) is 11.6. The van der Waals surface area contributed by atoms with Gasteiger partial charge in [-0.15, -0.1) is 17.8 Å². The molecule has 2 heterocycles. The van der Waals surface area contributed by atoms with Crippen LogP contribution in [-0.2, 0) is 4.79 Å². The van der Waals surface area contributed by atoms with Gasteiger partial charge in [0.2, 0.25) is 0 Å². The lowest BCUT2D eigenvalue weighted by molar-refractivity contribution is -0.122. The Labute approximate surface area is 157 Å². The number of thioether (sulfide) groups is 1. The summed E-state index contributed by atoms with van der Waals surface area (Å²) in [7, 11) is 0. The van der Waals surface area contributed by atoms with Crippen LogP contribution in [0.4, 0.5) is 4.79 Å². The van der Waals surface area contributed by atoms with Crippen molar-refractivity contribution < 1.29 is 9.59 Å². The van der Waals surface area contributed by atoms with Crippen LogP contribution in [0.15, 0.2) is 50.4 Å². The van der Waals surface area contributed by atoms with Crippen molar-refractivity contribution in [2.45, 2.75) is 9.10 Å². The van der Waals surface area contributed by atoms with E-state index in [1.807, 2.05) is 36.4 Å². The van der Waals surface area contributed by atoms with Crippen LogP contribution in [0.2, 0.25) is 5.02 Å². The van der Waals surface area contributed by atoms with Gasteiger partial charge >= 0.3 is 0 Å². The summed E-state index contributed by atoms with van der Waals surface area (Å²) in [6, 6.07) is 11.5. The molecule has 1 aliphatic rings. The molecule has 2 aromatic rings. The molecule has 120 valence electrons. The maximum atomic E-state index is 12.1. The van der Waals surface area contributed by atoms with Crippen LogP contribution in [0.1, 0.15) is 4.88 Å². The summed E-state index contributed by atoms with van der Waals surface area (Å²) < 4.78 is 1.09. The Hall–Kier alpha value is -1.65. The molecule has 0 unspecified atom stereocenters. The van der Waals surface area contributed by atoms with Gasteiger partial charge in [-0.2, -0.15) is 0 Å². The summed E-state index contributed by atoms with van der Waals surface area (Å²) in [6.45, 7) is 0.00408. The van der Waals surface area contributed by atoms with Crippen LogP contribution in [0.3, 0.4) is 0 Å². The molecular weight excluding hydrogens is 382 g/mol. The Morgan fingerprint density at radius 3 is 2.67 bits per heavy atom. The van der Waals surface area contributed by atoms with Crippen LogP contribution >= 0.6 is 46.5 Å². The number of rotatable bonds is 4. The topological polar surface area (TPSA) is 37.4 Å². The van der Waals surface area contributed by atoms with E-state index in [4.69, 9.17) is 18.0 Å². The maximum Gasteiger partial charge on any atom is 0.294 e. The van der Waals surface area contributed by atoms with Gasteiger partial charge in [-0.1, -0.05) is 29.3 Å². The van der Waals surface area contributed by atoms with Gasteiger partial charge in [-0.05, 0) is 54.2 Å². The second kappa shape index (κ2) is 7.49. The number of halogens is 1. The van der Waals surface area contributed by atoms with E-state index in [9.17, 15) is 9.59 Å². The highest BCUT2D eigenvalue weighted by Gasteiger charge is 2.34. The van der Waals surface area contributed by atoms with E-state index in [2.05, 4.69) is 5.92 Å². The average Bonchev–Trinajstić information content (AvgIpc) is 3.10. The molecular formula is C17H10ClNO2S3. The summed E-state index contributed by atoms with van der Waals surface area (Å²) >= 11 is 9.98. The first-order valence-corrected chi connectivity index (χ1v) is 9.61. The zero-order chi connectivity index (χ0) is 17.1. The third-order valence-corrected chi connectivity index (χ3v) is 6.36. The molecule has 7 heteroatoms. The predicted molar refractivity (Wildman–Crippen MR) is 101 cm³/mol. The first kappa shape index (κ1) is 17.2. The molecule has 24 heavy (non-hydrogen) atoms. The van der Waals surface area contributed by atoms with E-state index in [1.165, 1.54) is 0 Å². The summed E-state index contributed by atoms with van der Waals surface area (Å²) in [5, 5.41) is 0.380. The second-order valence-electron chi connectivity index (χ2n) is 4.68. The Bertz CT molecular complexity index is 865. The standard InChI is InChI=1S/C17H10ClNO2S3/c1-2-9-19-16(20)14(24-17(19)21)10-13-7-8-15(23-13)22-12-5-3-11(18)4-6-12/h1,3-8,10H,9H2/b14-10-. The molecule has 3 nitrogen and oxygen atoms in total. The Morgan fingerprint density at radius 1 is 1.21 bits per heavy atom. The zero-order valence-electron chi connectivity index (χ0n) is 12.2. The van der Waals surface area contributed by atoms with Crippen LogP contribution in [0.5, 0.6) is 0 Å². The molecule has 3 rings (SSSR count). The highest BCUT2D eigenvalue weighted by atomic mass is 35.5. The van der Waals surface area contributed by atoms with Gasteiger partial charge in [-0.3, -0.25) is 14.5 Å². The van der Waals surface area contributed by atoms with E-state index in [1.54, 1.807) is 29.2 Å². The van der Waals surface area contributed by atoms with Gasteiger partial charge < -0.3 is 0 Å². The van der Waals surface area contributed by atoms with Crippen LogP contribution < -0.4 is 0 Å². The van der Waals surface area contributed by atoms with E-state index >= 15 is 0 Å². The largest absolute Gasteiger partial charge is 0.294 e. The lowest BCUT2D eigenvalue weighted by atomic mass is 10.4. The van der Waals surface area contributed by atoms with Crippen molar-refractivity contribution >= 4 is 63.7 Å². The monoisotopic (exact) mass is 391 g/mol. The molecule has 1 aliphatic heterocycles. The molecule has 0 aliphatic carbocycles. The van der Waals surface area contributed by atoms with E-state index < -0.39 is 0 Å². The fraction of sp³-hybridized carbons (Fsp3) is 0.0588. The van der Waals surface area contributed by atoms with Gasteiger partial charge in [0.05, 0.1) is 15.7 Å². The highest BCUT2D eigenvalue weighted by Crippen LogP contribution is 2.37. The molecule has 0 bridgehead atoms. The normalized spacial score (nSPS) is 16.0. The van der Waals surface area contributed by atoms with Gasteiger partial charge in [0, 0.05) is 14.8 Å². The molecule has 0 spiro atoms. The van der Waals surface area contributed by atoms with Gasteiger partial charge in [0.25, 0.3) is 11.1 Å². The number of hydrogen-bond acceptors (Lipinski definition) is 5. The number of carbonyl (C=O) groups is 2. The van der Waals surface area contributed by atoms with Crippen LogP contribution in [0.25, 0.3) is 6.08 Å². The number of carbonyl (C=O) groups excluding carboxylic acids is 2. The number of hydrogen-bond donors (Lipinski definition) is 0. The first-order valence-electron chi connectivity index (χ1n) is 6.79. The van der Waals surface area contributed by atoms with Gasteiger partial charge in [0.1, 0.15) is 0 Å². The summed E-state index contributed by atoms with van der Waals surface area (Å²) in [6.07, 6.45) is 6.92. The van der Waals surface area contributed by atoms with E-state index in [0.717, 1.165) is 30.6 Å². The highest BCUT2D eigenvalue weighted by molar-refractivity contribution is 8.18. The fourth-order valence-corrected chi connectivity index (χ4v) is 5.04. The zero-order valence-corrected chi connectivity index (χ0v) is 15.4. The number of thiophene rings is 1. The minimum absolute atomic E-state index is 0.00408. The number of amides is 2. The molecule has 0 radical (unpaired) electrons. The van der Waals surface area contributed by atoms with Crippen molar-refractivity contribution in [2.24, 2.45) is 0 Å². The number of benzene rings is 1. The third kappa shape index (κ3) is 3.87. The summed E-state index contributed by atoms with van der Waals surface area (Å²) in [5.41, 5.74) is 0. The van der Waals surface area contributed by atoms with E-state index in [0.29, 0.717) is 9.93 Å². The van der Waals surface area contributed by atoms with Crippen molar-refractivity contribution in [1.82, 2.24) is 4.90 Å². The van der Waals surface area contributed by atoms with Crippen molar-refractivity contribution in [1.29, 1.82) is 0 Å². The Morgan fingerprint density at radius 2 is 1.96 bits per heavy atom. The van der Waals surface area contributed by atoms with Crippen molar-refractivity contribution in [3.05, 3.63) is 51.2 Å². The molecule has 0 N–H and O–H groups in total. The van der Waals surface area contributed by atoms with Crippen LogP contribution in [-0.4, -0.2) is 22.6 Å². The molecule has 1 aromatic heterocycles. The fourth-order valence-electron chi connectivity index (χ4n) is 1.94. The average molecular weight is 392 g/mol. The minimum Gasteiger partial charge on any atom is -0.268 e. The number of terminal acetylenes is 1. The Kier molecular flexibility index (Phi) is 5.36. The van der Waals surface area contributed by atoms with Crippen LogP contribution in [0, 0.1) is 12.3 Å². The number of imide groups is 1. The number of nitrogens with zero attached hydrogens (tertiary/aromatic N) is 1. The molecule has 2 amide bonds. The smallest absolute Gasteiger partial charge is 0.268 e. The molecule has 1 aromatic carbocycles. The Balaban J connectivity index is 1.74. The lowest BCUT2D eigenvalue weighted by Crippen LogP contribution is -2.28. The molecule has 1 fully saturated rings. The lowest BCUT2D eigenvalue weighted by Gasteiger charge is -2.06. The van der Waals surface area contributed by atoms with Crippen molar-refractivity contribution in [2.75, 3.05) is 6.54 Å². The van der Waals surface area contributed by atoms with Gasteiger partial charge in [0.15, 0.2) is 0 Å². The van der Waals surface area contributed by atoms with Crippen molar-refractivity contribution in [3.8, 4) is 12.3 Å². The molecule has 1 saturated heterocycles. The minimum atomic E-state index is -0.330. The third-order valence-electron chi connectivity index (χ3n) is 3.03. The molecule has 0 atom stereocenters. The summed E-state index contributed by atoms with van der Waals surface area (Å²) in [5.74, 6) is 1.99. The predicted octanol–water partition coefficient (Wildman–Crippen LogP) is 5.22.